The molecule has 0 bridgehead atoms. The summed E-state index contributed by atoms with van der Waals surface area (Å²) in [5, 5.41) is 19.2. The smallest absolute Gasteiger partial charge is 0.346 e. The lowest BCUT2D eigenvalue weighted by molar-refractivity contribution is -0.132. The minimum absolute atomic E-state index is 0.0793. The number of carboxylic acids is 1. The number of carboxylic acid groups (broad SMARTS) is 1. The highest BCUT2D eigenvalue weighted by atomic mass is 35.5. The molecule has 0 aliphatic carbocycles. The van der Waals surface area contributed by atoms with Crippen molar-refractivity contribution in [2.24, 2.45) is 0 Å². The molecule has 7 heteroatoms. The second-order valence-electron chi connectivity index (χ2n) is 4.65. The molecule has 122 valence electrons. The Balaban J connectivity index is 2.35. The third-order valence-electron chi connectivity index (χ3n) is 3.06. The van der Waals surface area contributed by atoms with E-state index in [2.05, 4.69) is 0 Å². The summed E-state index contributed by atoms with van der Waals surface area (Å²) in [6.45, 7) is 0.0793. The quantitative estimate of drug-likeness (QED) is 0.568. The van der Waals surface area contributed by atoms with Crippen LogP contribution < -0.4 is 4.74 Å². The standard InChI is InChI=1S/C17H10Cl3NO3/c18-12-4-5-16(10(7-12)6-11(8-21)17(22)23)24-9-13-14(19)2-1-3-15(13)20/h1-7H,9H2,(H,22,23). The van der Waals surface area contributed by atoms with Crippen molar-refractivity contribution in [2.75, 3.05) is 0 Å². The Hall–Kier alpha value is -2.19. The normalized spacial score (nSPS) is 11.0. The monoisotopic (exact) mass is 381 g/mol. The molecule has 0 fully saturated rings. The van der Waals surface area contributed by atoms with Gasteiger partial charge in [-0.1, -0.05) is 40.9 Å². The van der Waals surface area contributed by atoms with Gasteiger partial charge in [-0.25, -0.2) is 4.79 Å². The predicted molar refractivity (Wildman–Crippen MR) is 93.5 cm³/mol. The van der Waals surface area contributed by atoms with Crippen molar-refractivity contribution < 1.29 is 14.6 Å². The first-order valence-corrected chi connectivity index (χ1v) is 7.76. The van der Waals surface area contributed by atoms with Crippen molar-refractivity contribution in [1.29, 1.82) is 5.26 Å². The third-order valence-corrected chi connectivity index (χ3v) is 4.00. The zero-order valence-corrected chi connectivity index (χ0v) is 14.4. The van der Waals surface area contributed by atoms with Gasteiger partial charge < -0.3 is 9.84 Å². The first-order chi connectivity index (χ1) is 11.4. The van der Waals surface area contributed by atoms with E-state index in [4.69, 9.17) is 49.9 Å². The molecule has 0 spiro atoms. The van der Waals surface area contributed by atoms with Gasteiger partial charge in [0.15, 0.2) is 0 Å². The summed E-state index contributed by atoms with van der Waals surface area (Å²) in [6.07, 6.45) is 1.19. The maximum absolute atomic E-state index is 11.0. The van der Waals surface area contributed by atoms with E-state index in [1.54, 1.807) is 36.4 Å². The van der Waals surface area contributed by atoms with Crippen molar-refractivity contribution in [1.82, 2.24) is 0 Å². The lowest BCUT2D eigenvalue weighted by atomic mass is 10.1. The SMILES string of the molecule is N#CC(=Cc1cc(Cl)ccc1OCc1c(Cl)cccc1Cl)C(=O)O. The molecular formula is C17H10Cl3NO3. The van der Waals surface area contributed by atoms with Crippen LogP contribution in [0.1, 0.15) is 11.1 Å². The Morgan fingerprint density at radius 1 is 1.21 bits per heavy atom. The molecule has 2 aromatic rings. The maximum atomic E-state index is 11.0. The van der Waals surface area contributed by atoms with E-state index in [0.717, 1.165) is 0 Å². The number of aliphatic carboxylic acids is 1. The number of nitriles is 1. The molecule has 0 heterocycles. The molecule has 2 aromatic carbocycles. The summed E-state index contributed by atoms with van der Waals surface area (Å²) in [6, 6.07) is 11.4. The van der Waals surface area contributed by atoms with Gasteiger partial charge in [-0.05, 0) is 36.4 Å². The molecular weight excluding hydrogens is 373 g/mol. The first kappa shape index (κ1) is 18.2. The molecule has 2 rings (SSSR count). The molecule has 0 aromatic heterocycles. The van der Waals surface area contributed by atoms with Crippen molar-refractivity contribution >= 4 is 46.8 Å². The van der Waals surface area contributed by atoms with Gasteiger partial charge in [-0.15, -0.1) is 0 Å². The minimum Gasteiger partial charge on any atom is -0.488 e. The number of ether oxygens (including phenoxy) is 1. The summed E-state index contributed by atoms with van der Waals surface area (Å²) >= 11 is 18.1. The van der Waals surface area contributed by atoms with Crippen molar-refractivity contribution in [3.05, 3.63) is 68.2 Å². The van der Waals surface area contributed by atoms with Crippen molar-refractivity contribution in [3.63, 3.8) is 0 Å². The Morgan fingerprint density at radius 2 is 1.88 bits per heavy atom. The van der Waals surface area contributed by atoms with Crippen LogP contribution in [0.4, 0.5) is 0 Å². The average molecular weight is 383 g/mol. The van der Waals surface area contributed by atoms with E-state index in [9.17, 15) is 4.79 Å². The van der Waals surface area contributed by atoms with Crippen LogP contribution in [-0.2, 0) is 11.4 Å². The highest BCUT2D eigenvalue weighted by Crippen LogP contribution is 2.29. The Bertz CT molecular complexity index is 836. The Labute approximate surface area is 153 Å². The topological polar surface area (TPSA) is 70.3 Å². The van der Waals surface area contributed by atoms with Crippen LogP contribution in [0.2, 0.25) is 15.1 Å². The second kappa shape index (κ2) is 8.07. The van der Waals surface area contributed by atoms with Gasteiger partial charge in [0, 0.05) is 26.2 Å². The van der Waals surface area contributed by atoms with Gasteiger partial charge >= 0.3 is 5.97 Å². The zero-order valence-electron chi connectivity index (χ0n) is 12.1. The van der Waals surface area contributed by atoms with E-state index in [1.807, 2.05) is 0 Å². The van der Waals surface area contributed by atoms with E-state index < -0.39 is 11.5 Å². The van der Waals surface area contributed by atoms with Crippen molar-refractivity contribution in [2.45, 2.75) is 6.61 Å². The number of nitrogens with zero attached hydrogens (tertiary/aromatic N) is 1. The van der Waals surface area contributed by atoms with Crippen LogP contribution in [-0.4, -0.2) is 11.1 Å². The van der Waals surface area contributed by atoms with Crippen molar-refractivity contribution in [3.8, 4) is 11.8 Å². The number of halogens is 3. The Kier molecular flexibility index (Phi) is 6.10. The maximum Gasteiger partial charge on any atom is 0.346 e. The molecule has 4 nitrogen and oxygen atoms in total. The summed E-state index contributed by atoms with van der Waals surface area (Å²) in [4.78, 5) is 11.0. The lowest BCUT2D eigenvalue weighted by Gasteiger charge is -2.12. The predicted octanol–water partition coefficient (Wildman–Crippen LogP) is 5.22. The van der Waals surface area contributed by atoms with Gasteiger partial charge in [0.05, 0.1) is 0 Å². The highest BCUT2D eigenvalue weighted by molar-refractivity contribution is 6.36. The zero-order chi connectivity index (χ0) is 17.7. The van der Waals surface area contributed by atoms with Crippen LogP contribution in [0.25, 0.3) is 6.08 Å². The first-order valence-electron chi connectivity index (χ1n) is 6.62. The number of benzene rings is 2. The van der Waals surface area contributed by atoms with E-state index in [0.29, 0.717) is 31.9 Å². The fraction of sp³-hybridized carbons (Fsp3) is 0.0588. The summed E-state index contributed by atoms with van der Waals surface area (Å²) in [5.41, 5.74) is 0.534. The fourth-order valence-corrected chi connectivity index (χ4v) is 2.57. The third kappa shape index (κ3) is 4.42. The van der Waals surface area contributed by atoms with Gasteiger partial charge in [-0.3, -0.25) is 0 Å². The van der Waals surface area contributed by atoms with E-state index in [-0.39, 0.29) is 6.61 Å². The number of hydrogen-bond donors (Lipinski definition) is 1. The molecule has 24 heavy (non-hydrogen) atoms. The van der Waals surface area contributed by atoms with Crippen LogP contribution in [0.5, 0.6) is 5.75 Å². The molecule has 0 aliphatic heterocycles. The molecule has 1 N–H and O–H groups in total. The van der Waals surface area contributed by atoms with Crippen LogP contribution in [0, 0.1) is 11.3 Å². The molecule has 0 atom stereocenters. The van der Waals surface area contributed by atoms with E-state index >= 15 is 0 Å². The van der Waals surface area contributed by atoms with E-state index in [1.165, 1.54) is 12.1 Å². The van der Waals surface area contributed by atoms with Gasteiger partial charge in [0.25, 0.3) is 0 Å². The fourth-order valence-electron chi connectivity index (χ4n) is 1.88. The minimum atomic E-state index is -1.34. The molecule has 0 saturated heterocycles. The van der Waals surface area contributed by atoms with Gasteiger partial charge in [0.1, 0.15) is 24.0 Å². The number of hydrogen-bond acceptors (Lipinski definition) is 3. The summed E-state index contributed by atoms with van der Waals surface area (Å²) in [7, 11) is 0. The largest absolute Gasteiger partial charge is 0.488 e. The van der Waals surface area contributed by atoms with Crippen LogP contribution in [0.15, 0.2) is 42.0 Å². The summed E-state index contributed by atoms with van der Waals surface area (Å²) < 4.78 is 5.69. The van der Waals surface area contributed by atoms with Gasteiger partial charge in [0.2, 0.25) is 0 Å². The lowest BCUT2D eigenvalue weighted by Crippen LogP contribution is -2.01. The highest BCUT2D eigenvalue weighted by Gasteiger charge is 2.11. The summed E-state index contributed by atoms with van der Waals surface area (Å²) in [5.74, 6) is -0.984. The second-order valence-corrected chi connectivity index (χ2v) is 5.90. The van der Waals surface area contributed by atoms with Crippen LogP contribution >= 0.6 is 34.8 Å². The Morgan fingerprint density at radius 3 is 2.46 bits per heavy atom. The average Bonchev–Trinajstić information content (AvgIpc) is 2.53. The molecule has 0 amide bonds. The number of rotatable bonds is 5. The number of carbonyl (C=O) groups is 1. The molecule has 0 unspecified atom stereocenters. The molecule has 0 radical (unpaired) electrons. The molecule has 0 aliphatic rings. The van der Waals surface area contributed by atoms with Crippen LogP contribution in [0.3, 0.4) is 0 Å². The molecule has 0 saturated carbocycles. The van der Waals surface area contributed by atoms with Gasteiger partial charge in [-0.2, -0.15) is 5.26 Å².